The second-order valence-electron chi connectivity index (χ2n) is 8.41. The molecule has 5 heteroatoms. The Kier molecular flexibility index (Phi) is 6.90. The number of rotatable bonds is 5. The molecule has 0 N–H and O–H groups in total. The molecule has 1 aliphatic heterocycles. The van der Waals surface area contributed by atoms with E-state index in [1.54, 1.807) is 12.3 Å². The second kappa shape index (κ2) is 9.83. The van der Waals surface area contributed by atoms with Crippen LogP contribution in [0.15, 0.2) is 47.1 Å². The summed E-state index contributed by atoms with van der Waals surface area (Å²) < 4.78 is 12.0. The first-order valence-electron chi connectivity index (χ1n) is 11.4. The van der Waals surface area contributed by atoms with Crippen molar-refractivity contribution in [2.45, 2.75) is 46.5 Å². The Morgan fingerprint density at radius 2 is 1.84 bits per heavy atom. The zero-order valence-corrected chi connectivity index (χ0v) is 19.8. The van der Waals surface area contributed by atoms with Gasteiger partial charge in [0.1, 0.15) is 11.3 Å². The number of allylic oxidation sites excluding steroid dienone is 1. The molecule has 0 aliphatic carbocycles. The number of hydrogen-bond donors (Lipinski definition) is 0. The number of carbonyl (C=O) groups is 1. The first-order chi connectivity index (χ1) is 15.5. The largest absolute Gasteiger partial charge is 0.493 e. The minimum atomic E-state index is 0.0784. The normalized spacial score (nSPS) is 15.1. The first-order valence-corrected chi connectivity index (χ1v) is 11.8. The van der Waals surface area contributed by atoms with E-state index in [1.165, 1.54) is 12.8 Å². The summed E-state index contributed by atoms with van der Waals surface area (Å²) in [7, 11) is 0. The lowest BCUT2D eigenvalue weighted by atomic mass is 9.96. The molecule has 3 aromatic rings. The standard InChI is InChI=1S/C27H30ClNO3/c1-4-31-26-19(3)27-23(24(17-32-27)20-9-11-21(28)12-10-20)16-22(26)18(2)15-25(30)29-13-7-5-6-8-14-29/h9-12,15-17H,4-8,13-14H2,1-3H3/b18-15+. The SMILES string of the molecule is CCOc1c(/C(C)=C/C(=O)N2CCCCCC2)cc2c(-c3ccc(Cl)cc3)coc2c1C. The molecule has 2 heterocycles. The summed E-state index contributed by atoms with van der Waals surface area (Å²) in [6, 6.07) is 9.82. The summed E-state index contributed by atoms with van der Waals surface area (Å²) in [5.41, 5.74) is 5.59. The summed E-state index contributed by atoms with van der Waals surface area (Å²) in [5.74, 6) is 0.851. The van der Waals surface area contributed by atoms with Crippen molar-refractivity contribution in [2.24, 2.45) is 0 Å². The second-order valence-corrected chi connectivity index (χ2v) is 8.85. The van der Waals surface area contributed by atoms with Crippen LogP contribution in [0, 0.1) is 6.92 Å². The fourth-order valence-corrected chi connectivity index (χ4v) is 4.56. The van der Waals surface area contributed by atoms with Crippen LogP contribution >= 0.6 is 11.6 Å². The predicted octanol–water partition coefficient (Wildman–Crippen LogP) is 7.27. The molecular formula is C27H30ClNO3. The van der Waals surface area contributed by atoms with Gasteiger partial charge in [-0.2, -0.15) is 0 Å². The number of halogens is 1. The van der Waals surface area contributed by atoms with E-state index in [-0.39, 0.29) is 5.91 Å². The van der Waals surface area contributed by atoms with Gasteiger partial charge in [-0.15, -0.1) is 0 Å². The van der Waals surface area contributed by atoms with E-state index < -0.39 is 0 Å². The number of nitrogens with zero attached hydrogens (tertiary/aromatic N) is 1. The molecule has 0 bridgehead atoms. The van der Waals surface area contributed by atoms with Crippen LogP contribution in [-0.4, -0.2) is 30.5 Å². The van der Waals surface area contributed by atoms with Gasteiger partial charge in [-0.1, -0.05) is 36.6 Å². The summed E-state index contributed by atoms with van der Waals surface area (Å²) >= 11 is 6.08. The highest BCUT2D eigenvalue weighted by Crippen LogP contribution is 2.41. The van der Waals surface area contributed by atoms with Crippen LogP contribution in [0.3, 0.4) is 0 Å². The van der Waals surface area contributed by atoms with Crippen molar-refractivity contribution in [3.63, 3.8) is 0 Å². The molecule has 0 unspecified atom stereocenters. The molecule has 0 spiro atoms. The van der Waals surface area contributed by atoms with E-state index in [9.17, 15) is 4.79 Å². The van der Waals surface area contributed by atoms with Crippen molar-refractivity contribution in [1.29, 1.82) is 0 Å². The molecular weight excluding hydrogens is 422 g/mol. The highest BCUT2D eigenvalue weighted by Gasteiger charge is 2.20. The van der Waals surface area contributed by atoms with Gasteiger partial charge in [0, 0.05) is 46.3 Å². The number of furan rings is 1. The number of benzene rings is 2. The van der Waals surface area contributed by atoms with Crippen LogP contribution in [0.5, 0.6) is 5.75 Å². The first kappa shape index (κ1) is 22.5. The average molecular weight is 452 g/mol. The number of carbonyl (C=O) groups excluding carboxylic acids is 1. The molecule has 168 valence electrons. The third kappa shape index (κ3) is 4.56. The number of hydrogen-bond acceptors (Lipinski definition) is 3. The van der Waals surface area contributed by atoms with Crippen LogP contribution < -0.4 is 4.74 Å². The van der Waals surface area contributed by atoms with Gasteiger partial charge in [0.25, 0.3) is 0 Å². The zero-order valence-electron chi connectivity index (χ0n) is 19.0. The quantitative estimate of drug-likeness (QED) is 0.383. The van der Waals surface area contributed by atoms with Crippen molar-refractivity contribution < 1.29 is 13.9 Å². The molecule has 4 rings (SSSR count). The maximum atomic E-state index is 13.0. The summed E-state index contributed by atoms with van der Waals surface area (Å²) in [5, 5.41) is 1.70. The van der Waals surface area contributed by atoms with E-state index in [2.05, 4.69) is 6.07 Å². The lowest BCUT2D eigenvalue weighted by molar-refractivity contribution is -0.125. The van der Waals surface area contributed by atoms with Gasteiger partial charge < -0.3 is 14.1 Å². The van der Waals surface area contributed by atoms with Gasteiger partial charge in [0.05, 0.1) is 12.9 Å². The number of fused-ring (bicyclic) bond motifs is 1. The Morgan fingerprint density at radius 1 is 1.16 bits per heavy atom. The Hall–Kier alpha value is -2.72. The molecule has 1 saturated heterocycles. The number of aryl methyl sites for hydroxylation is 1. The van der Waals surface area contributed by atoms with Crippen molar-refractivity contribution in [3.8, 4) is 16.9 Å². The summed E-state index contributed by atoms with van der Waals surface area (Å²) in [4.78, 5) is 15.0. The summed E-state index contributed by atoms with van der Waals surface area (Å²) in [6.45, 7) is 8.17. The Morgan fingerprint density at radius 3 is 2.50 bits per heavy atom. The third-order valence-corrected chi connectivity index (χ3v) is 6.42. The minimum absolute atomic E-state index is 0.0784. The third-order valence-electron chi connectivity index (χ3n) is 6.17. The Labute approximate surface area is 194 Å². The number of likely N-dealkylation sites (tertiary alicyclic amines) is 1. The monoisotopic (exact) mass is 451 g/mol. The van der Waals surface area contributed by atoms with Crippen molar-refractivity contribution in [1.82, 2.24) is 4.90 Å². The Balaban J connectivity index is 1.79. The average Bonchev–Trinajstić information content (AvgIpc) is 3.01. The molecule has 4 nitrogen and oxygen atoms in total. The van der Waals surface area contributed by atoms with Crippen molar-refractivity contribution in [3.05, 3.63) is 58.8 Å². The highest BCUT2D eigenvalue weighted by molar-refractivity contribution is 6.30. The molecule has 0 saturated carbocycles. The molecule has 1 aromatic heterocycles. The smallest absolute Gasteiger partial charge is 0.246 e. The maximum Gasteiger partial charge on any atom is 0.246 e. The van der Waals surface area contributed by atoms with E-state index in [4.69, 9.17) is 20.8 Å². The minimum Gasteiger partial charge on any atom is -0.493 e. The van der Waals surface area contributed by atoms with Gasteiger partial charge in [0.2, 0.25) is 5.91 Å². The molecule has 32 heavy (non-hydrogen) atoms. The number of amides is 1. The molecule has 0 atom stereocenters. The zero-order chi connectivity index (χ0) is 22.7. The van der Waals surface area contributed by atoms with Gasteiger partial charge in [-0.25, -0.2) is 0 Å². The van der Waals surface area contributed by atoms with E-state index in [1.807, 2.05) is 49.9 Å². The van der Waals surface area contributed by atoms with Crippen LogP contribution in [0.25, 0.3) is 27.7 Å². The molecule has 2 aromatic carbocycles. The molecule has 1 amide bonds. The fraction of sp³-hybridized carbons (Fsp3) is 0.370. The van der Waals surface area contributed by atoms with Gasteiger partial charge in [0.15, 0.2) is 0 Å². The van der Waals surface area contributed by atoms with E-state index >= 15 is 0 Å². The van der Waals surface area contributed by atoms with Crippen LogP contribution in [0.2, 0.25) is 5.02 Å². The van der Waals surface area contributed by atoms with Crippen LogP contribution in [0.4, 0.5) is 0 Å². The molecule has 1 aliphatic rings. The lowest BCUT2D eigenvalue weighted by Gasteiger charge is -2.19. The molecule has 1 fully saturated rings. The van der Waals surface area contributed by atoms with Gasteiger partial charge >= 0.3 is 0 Å². The predicted molar refractivity (Wildman–Crippen MR) is 131 cm³/mol. The summed E-state index contributed by atoms with van der Waals surface area (Å²) in [6.07, 6.45) is 8.09. The van der Waals surface area contributed by atoms with Gasteiger partial charge in [-0.05, 0) is 62.9 Å². The maximum absolute atomic E-state index is 13.0. The van der Waals surface area contributed by atoms with E-state index in [0.717, 1.165) is 70.5 Å². The number of ether oxygens (including phenoxy) is 1. The lowest BCUT2D eigenvalue weighted by Crippen LogP contribution is -2.30. The van der Waals surface area contributed by atoms with E-state index in [0.29, 0.717) is 11.6 Å². The van der Waals surface area contributed by atoms with Crippen LogP contribution in [0.1, 0.15) is 50.7 Å². The fourth-order valence-electron chi connectivity index (χ4n) is 4.44. The van der Waals surface area contributed by atoms with Gasteiger partial charge in [-0.3, -0.25) is 4.79 Å². The Bertz CT molecular complexity index is 1140. The van der Waals surface area contributed by atoms with Crippen LogP contribution in [-0.2, 0) is 4.79 Å². The molecule has 0 radical (unpaired) electrons. The highest BCUT2D eigenvalue weighted by atomic mass is 35.5. The topological polar surface area (TPSA) is 42.7 Å². The van der Waals surface area contributed by atoms with Crippen molar-refractivity contribution >= 4 is 34.1 Å². The van der Waals surface area contributed by atoms with Crippen molar-refractivity contribution in [2.75, 3.05) is 19.7 Å².